The molecule has 0 aliphatic heterocycles. The van der Waals surface area contributed by atoms with Crippen molar-refractivity contribution >= 4 is 15.7 Å². The first-order chi connectivity index (χ1) is 14.4. The Labute approximate surface area is 170 Å². The van der Waals surface area contributed by atoms with Gasteiger partial charge in [0.1, 0.15) is 11.6 Å². The molecule has 0 fully saturated rings. The van der Waals surface area contributed by atoms with Gasteiger partial charge >= 0.3 is 0 Å². The highest BCUT2D eigenvalue weighted by Gasteiger charge is 2.18. The molecule has 7 nitrogen and oxygen atoms in total. The van der Waals surface area contributed by atoms with Crippen LogP contribution in [0.5, 0.6) is 0 Å². The lowest BCUT2D eigenvalue weighted by Gasteiger charge is -2.12. The molecule has 0 saturated carbocycles. The SMILES string of the molecule is O=S(=O)(Cc1cc(F)ccc1F)Nc1ccccc1Cc1nc(-c2ccco2)no1. The molecule has 2 heterocycles. The second kappa shape index (κ2) is 8.07. The minimum atomic E-state index is -4.01. The van der Waals surface area contributed by atoms with Crippen LogP contribution in [0, 0.1) is 11.6 Å². The van der Waals surface area contributed by atoms with Gasteiger partial charge in [-0.1, -0.05) is 23.4 Å². The Bertz CT molecular complexity index is 1270. The number of anilines is 1. The van der Waals surface area contributed by atoms with Gasteiger partial charge in [0.25, 0.3) is 0 Å². The highest BCUT2D eigenvalue weighted by atomic mass is 32.2. The number of para-hydroxylation sites is 1. The van der Waals surface area contributed by atoms with E-state index in [0.29, 0.717) is 11.3 Å². The summed E-state index contributed by atoms with van der Waals surface area (Å²) < 4.78 is 65.1. The summed E-state index contributed by atoms with van der Waals surface area (Å²) in [6.45, 7) is 0. The van der Waals surface area contributed by atoms with Crippen LogP contribution in [-0.4, -0.2) is 18.6 Å². The molecule has 0 amide bonds. The molecule has 0 aliphatic rings. The molecular formula is C20H15F2N3O4S. The Morgan fingerprint density at radius 2 is 1.83 bits per heavy atom. The molecule has 0 spiro atoms. The number of rotatable bonds is 7. The van der Waals surface area contributed by atoms with Crippen LogP contribution in [0.2, 0.25) is 0 Å². The maximum atomic E-state index is 13.8. The van der Waals surface area contributed by atoms with Gasteiger partial charge in [0, 0.05) is 5.56 Å². The summed E-state index contributed by atoms with van der Waals surface area (Å²) in [4.78, 5) is 4.23. The average Bonchev–Trinajstić information content (AvgIpc) is 3.37. The predicted molar refractivity (Wildman–Crippen MR) is 104 cm³/mol. The standard InChI is InChI=1S/C20H15F2N3O4S/c21-15-7-8-16(22)14(10-15)12-30(26,27)25-17-5-2-1-4-13(17)11-19-23-20(24-29-19)18-6-3-9-28-18/h1-10,25H,11-12H2. The van der Waals surface area contributed by atoms with Gasteiger partial charge in [0.2, 0.25) is 21.7 Å². The van der Waals surface area contributed by atoms with E-state index in [1.807, 2.05) is 0 Å². The Morgan fingerprint density at radius 1 is 1.00 bits per heavy atom. The highest BCUT2D eigenvalue weighted by molar-refractivity contribution is 7.91. The van der Waals surface area contributed by atoms with Gasteiger partial charge < -0.3 is 8.94 Å². The normalized spacial score (nSPS) is 11.5. The zero-order chi connectivity index (χ0) is 21.1. The summed E-state index contributed by atoms with van der Waals surface area (Å²) in [5.74, 6) is -1.26. The minimum absolute atomic E-state index is 0.154. The van der Waals surface area contributed by atoms with E-state index in [4.69, 9.17) is 8.94 Å². The van der Waals surface area contributed by atoms with Crippen molar-refractivity contribution in [1.29, 1.82) is 0 Å². The van der Waals surface area contributed by atoms with Gasteiger partial charge in [0.15, 0.2) is 5.76 Å². The van der Waals surface area contributed by atoms with Crippen LogP contribution < -0.4 is 4.72 Å². The van der Waals surface area contributed by atoms with E-state index in [-0.39, 0.29) is 29.4 Å². The summed E-state index contributed by atoms with van der Waals surface area (Å²) >= 11 is 0. The average molecular weight is 431 g/mol. The third kappa shape index (κ3) is 4.54. The lowest BCUT2D eigenvalue weighted by Crippen LogP contribution is -2.17. The molecule has 10 heteroatoms. The Hall–Kier alpha value is -3.53. The third-order valence-corrected chi connectivity index (χ3v) is 5.41. The Kier molecular flexibility index (Phi) is 5.32. The van der Waals surface area contributed by atoms with Crippen LogP contribution in [0.25, 0.3) is 11.6 Å². The third-order valence-electron chi connectivity index (χ3n) is 4.19. The zero-order valence-electron chi connectivity index (χ0n) is 15.4. The molecule has 154 valence electrons. The molecule has 2 aromatic heterocycles. The number of aromatic nitrogens is 2. The smallest absolute Gasteiger partial charge is 0.238 e. The fourth-order valence-corrected chi connectivity index (χ4v) is 4.07. The second-order valence-electron chi connectivity index (χ2n) is 6.42. The van der Waals surface area contributed by atoms with E-state index >= 15 is 0 Å². The maximum Gasteiger partial charge on any atom is 0.238 e. The number of nitrogens with zero attached hydrogens (tertiary/aromatic N) is 2. The van der Waals surface area contributed by atoms with Crippen molar-refractivity contribution in [3.05, 3.63) is 89.5 Å². The van der Waals surface area contributed by atoms with E-state index in [1.54, 1.807) is 36.4 Å². The summed E-state index contributed by atoms with van der Waals surface area (Å²) in [7, 11) is -4.01. The number of sulfonamides is 1. The maximum absolute atomic E-state index is 13.8. The molecule has 2 aromatic carbocycles. The fourth-order valence-electron chi connectivity index (χ4n) is 2.83. The molecule has 1 N–H and O–H groups in total. The van der Waals surface area contributed by atoms with E-state index in [9.17, 15) is 17.2 Å². The Morgan fingerprint density at radius 3 is 2.63 bits per heavy atom. The van der Waals surface area contributed by atoms with Crippen molar-refractivity contribution in [3.8, 4) is 11.6 Å². The molecule has 0 bridgehead atoms. The van der Waals surface area contributed by atoms with Gasteiger partial charge in [0.05, 0.1) is 24.1 Å². The minimum Gasteiger partial charge on any atom is -0.461 e. The van der Waals surface area contributed by atoms with E-state index in [0.717, 1.165) is 18.2 Å². The molecule has 4 aromatic rings. The van der Waals surface area contributed by atoms with Gasteiger partial charge in [-0.15, -0.1) is 0 Å². The lowest BCUT2D eigenvalue weighted by molar-refractivity contribution is 0.384. The number of furan rings is 1. The molecule has 0 saturated heterocycles. The molecule has 0 unspecified atom stereocenters. The molecule has 0 radical (unpaired) electrons. The number of benzene rings is 2. The van der Waals surface area contributed by atoms with Crippen molar-refractivity contribution in [3.63, 3.8) is 0 Å². The summed E-state index contributed by atoms with van der Waals surface area (Å²) in [5.41, 5.74) is 0.572. The van der Waals surface area contributed by atoms with Gasteiger partial charge in [-0.05, 0) is 42.0 Å². The van der Waals surface area contributed by atoms with Crippen molar-refractivity contribution < 1.29 is 26.1 Å². The van der Waals surface area contributed by atoms with Crippen molar-refractivity contribution in [1.82, 2.24) is 10.1 Å². The molecule has 0 aliphatic carbocycles. The van der Waals surface area contributed by atoms with Gasteiger partial charge in [-0.2, -0.15) is 4.98 Å². The largest absolute Gasteiger partial charge is 0.461 e. The fraction of sp³-hybridized carbons (Fsp3) is 0.100. The van der Waals surface area contributed by atoms with E-state index < -0.39 is 27.4 Å². The van der Waals surface area contributed by atoms with E-state index in [2.05, 4.69) is 14.9 Å². The monoisotopic (exact) mass is 431 g/mol. The van der Waals surface area contributed by atoms with Crippen LogP contribution in [0.4, 0.5) is 14.5 Å². The quantitative estimate of drug-likeness (QED) is 0.472. The number of nitrogens with one attached hydrogen (secondary N) is 1. The summed E-state index contributed by atoms with van der Waals surface area (Å²) in [6, 6.07) is 12.7. The van der Waals surface area contributed by atoms with E-state index in [1.165, 1.54) is 6.26 Å². The Balaban J connectivity index is 1.54. The first kappa shape index (κ1) is 19.8. The second-order valence-corrected chi connectivity index (χ2v) is 8.14. The van der Waals surface area contributed by atoms with Gasteiger partial charge in [-0.25, -0.2) is 17.2 Å². The number of hydrogen-bond donors (Lipinski definition) is 1. The molecule has 0 atom stereocenters. The summed E-state index contributed by atoms with van der Waals surface area (Å²) in [6.07, 6.45) is 1.64. The summed E-state index contributed by atoms with van der Waals surface area (Å²) in [5, 5.41) is 3.84. The first-order valence-electron chi connectivity index (χ1n) is 8.78. The predicted octanol–water partition coefficient (Wildman–Crippen LogP) is 4.14. The molecule has 30 heavy (non-hydrogen) atoms. The first-order valence-corrected chi connectivity index (χ1v) is 10.4. The van der Waals surface area contributed by atoms with Crippen LogP contribution in [0.1, 0.15) is 17.0 Å². The molecular weight excluding hydrogens is 416 g/mol. The zero-order valence-corrected chi connectivity index (χ0v) is 16.2. The lowest BCUT2D eigenvalue weighted by atomic mass is 10.1. The topological polar surface area (TPSA) is 98.2 Å². The van der Waals surface area contributed by atoms with Crippen LogP contribution in [0.3, 0.4) is 0 Å². The van der Waals surface area contributed by atoms with Crippen molar-refractivity contribution in [2.24, 2.45) is 0 Å². The molecule has 4 rings (SSSR count). The van der Waals surface area contributed by atoms with Crippen LogP contribution >= 0.6 is 0 Å². The van der Waals surface area contributed by atoms with Crippen molar-refractivity contribution in [2.45, 2.75) is 12.2 Å². The van der Waals surface area contributed by atoms with Crippen LogP contribution in [0.15, 0.2) is 69.8 Å². The van der Waals surface area contributed by atoms with Gasteiger partial charge in [-0.3, -0.25) is 4.72 Å². The highest BCUT2D eigenvalue weighted by Crippen LogP contribution is 2.23. The van der Waals surface area contributed by atoms with Crippen molar-refractivity contribution in [2.75, 3.05) is 4.72 Å². The van der Waals surface area contributed by atoms with Crippen LogP contribution in [-0.2, 0) is 22.2 Å². The number of hydrogen-bond acceptors (Lipinski definition) is 6. The number of halogens is 2.